The largest absolute Gasteiger partial charge is 0.573 e. The first-order valence-corrected chi connectivity index (χ1v) is 7.36. The number of ether oxygens (including phenoxy) is 2. The van der Waals surface area contributed by atoms with E-state index >= 15 is 0 Å². The maximum Gasteiger partial charge on any atom is 0.573 e. The zero-order chi connectivity index (χ0) is 18.7. The molecule has 26 heavy (non-hydrogen) atoms. The van der Waals surface area contributed by atoms with Crippen molar-refractivity contribution >= 4 is 22.7 Å². The standard InChI is InChI=1S/C18H11F3O5/c19-18(20,21)26-13-7-5-11(6-8-13)17(23)24-10-14(22)16-9-12-3-1-2-4-15(12)25-16/h1-9H,10H2. The van der Waals surface area contributed by atoms with Gasteiger partial charge in [-0.25, -0.2) is 4.79 Å². The van der Waals surface area contributed by atoms with Crippen LogP contribution in [0.1, 0.15) is 20.9 Å². The number of hydrogen-bond acceptors (Lipinski definition) is 5. The Morgan fingerprint density at radius 1 is 1.00 bits per heavy atom. The lowest BCUT2D eigenvalue weighted by Gasteiger charge is -2.09. The third kappa shape index (κ3) is 4.21. The summed E-state index contributed by atoms with van der Waals surface area (Å²) in [6, 6.07) is 12.7. The van der Waals surface area contributed by atoms with Crippen molar-refractivity contribution in [1.29, 1.82) is 0 Å². The van der Waals surface area contributed by atoms with E-state index in [0.717, 1.165) is 29.7 Å². The minimum Gasteiger partial charge on any atom is -0.454 e. The Balaban J connectivity index is 1.60. The van der Waals surface area contributed by atoms with E-state index in [4.69, 9.17) is 9.15 Å². The molecule has 0 saturated carbocycles. The Bertz CT molecular complexity index is 908. The van der Waals surface area contributed by atoms with Crippen LogP contribution in [-0.2, 0) is 4.74 Å². The Kier molecular flexibility index (Phi) is 4.66. The summed E-state index contributed by atoms with van der Waals surface area (Å²) in [5.74, 6) is -1.81. The number of rotatable bonds is 5. The molecule has 0 aliphatic carbocycles. The van der Waals surface area contributed by atoms with Crippen molar-refractivity contribution in [3.05, 3.63) is 65.9 Å². The van der Waals surface area contributed by atoms with Crippen LogP contribution in [0.25, 0.3) is 11.0 Å². The molecule has 8 heteroatoms. The van der Waals surface area contributed by atoms with Gasteiger partial charge in [0.05, 0.1) is 5.56 Å². The van der Waals surface area contributed by atoms with E-state index in [1.54, 1.807) is 24.3 Å². The smallest absolute Gasteiger partial charge is 0.454 e. The van der Waals surface area contributed by atoms with Crippen molar-refractivity contribution in [1.82, 2.24) is 0 Å². The summed E-state index contributed by atoms with van der Waals surface area (Å²) in [6.45, 7) is -0.556. The van der Waals surface area contributed by atoms with E-state index in [0.29, 0.717) is 5.58 Å². The van der Waals surface area contributed by atoms with Crippen LogP contribution < -0.4 is 4.74 Å². The molecule has 0 spiro atoms. The van der Waals surface area contributed by atoms with Gasteiger partial charge in [0.1, 0.15) is 11.3 Å². The fourth-order valence-electron chi connectivity index (χ4n) is 2.20. The molecule has 5 nitrogen and oxygen atoms in total. The topological polar surface area (TPSA) is 65.7 Å². The number of Topliss-reactive ketones (excluding diaryl/α,β-unsaturated/α-hetero) is 1. The maximum atomic E-state index is 12.1. The van der Waals surface area contributed by atoms with Gasteiger partial charge in [0.2, 0.25) is 5.78 Å². The molecule has 0 atom stereocenters. The molecule has 0 N–H and O–H groups in total. The van der Waals surface area contributed by atoms with Crippen LogP contribution in [0.15, 0.2) is 59.0 Å². The molecule has 0 aliphatic rings. The molecule has 0 amide bonds. The first-order chi connectivity index (χ1) is 12.3. The number of carbonyl (C=O) groups is 2. The van der Waals surface area contributed by atoms with E-state index in [9.17, 15) is 22.8 Å². The summed E-state index contributed by atoms with van der Waals surface area (Å²) >= 11 is 0. The first kappa shape index (κ1) is 17.5. The van der Waals surface area contributed by atoms with E-state index < -0.39 is 30.5 Å². The molecule has 0 bridgehead atoms. The first-order valence-electron chi connectivity index (χ1n) is 7.36. The maximum absolute atomic E-state index is 12.1. The summed E-state index contributed by atoms with van der Waals surface area (Å²) in [7, 11) is 0. The van der Waals surface area contributed by atoms with Crippen molar-refractivity contribution in [2.45, 2.75) is 6.36 Å². The molecule has 2 aromatic carbocycles. The molecule has 0 radical (unpaired) electrons. The normalized spacial score (nSPS) is 11.3. The molecular weight excluding hydrogens is 353 g/mol. The second-order valence-corrected chi connectivity index (χ2v) is 5.22. The van der Waals surface area contributed by atoms with Crippen molar-refractivity contribution in [3.8, 4) is 5.75 Å². The van der Waals surface area contributed by atoms with Crippen molar-refractivity contribution in [3.63, 3.8) is 0 Å². The predicted molar refractivity (Wildman–Crippen MR) is 84.0 cm³/mol. The van der Waals surface area contributed by atoms with Gasteiger partial charge in [0, 0.05) is 5.39 Å². The van der Waals surface area contributed by atoms with Gasteiger partial charge < -0.3 is 13.9 Å². The van der Waals surface area contributed by atoms with E-state index in [1.807, 2.05) is 0 Å². The van der Waals surface area contributed by atoms with Crippen LogP contribution in [0, 0.1) is 0 Å². The van der Waals surface area contributed by atoms with Gasteiger partial charge in [-0.15, -0.1) is 13.2 Å². The number of halogens is 3. The van der Waals surface area contributed by atoms with Gasteiger partial charge in [0.25, 0.3) is 0 Å². The number of para-hydroxylation sites is 1. The fraction of sp³-hybridized carbons (Fsp3) is 0.111. The van der Waals surface area contributed by atoms with Crippen molar-refractivity contribution in [2.24, 2.45) is 0 Å². The number of fused-ring (bicyclic) bond motifs is 1. The highest BCUT2D eigenvalue weighted by Gasteiger charge is 2.31. The molecule has 0 fully saturated rings. The van der Waals surface area contributed by atoms with Gasteiger partial charge in [-0.05, 0) is 36.4 Å². The molecule has 134 valence electrons. The Morgan fingerprint density at radius 2 is 1.69 bits per heavy atom. The monoisotopic (exact) mass is 364 g/mol. The number of alkyl halides is 3. The highest BCUT2D eigenvalue weighted by Crippen LogP contribution is 2.23. The number of furan rings is 1. The van der Waals surface area contributed by atoms with E-state index in [-0.39, 0.29) is 11.3 Å². The Hall–Kier alpha value is -3.29. The Morgan fingerprint density at radius 3 is 2.35 bits per heavy atom. The zero-order valence-electron chi connectivity index (χ0n) is 13.1. The number of ketones is 1. The van der Waals surface area contributed by atoms with E-state index in [1.165, 1.54) is 6.07 Å². The van der Waals surface area contributed by atoms with Crippen LogP contribution in [0.3, 0.4) is 0 Å². The number of carbonyl (C=O) groups excluding carboxylic acids is 2. The summed E-state index contributed by atoms with van der Waals surface area (Å²) in [6.07, 6.45) is -4.82. The van der Waals surface area contributed by atoms with Crippen LogP contribution in [-0.4, -0.2) is 24.7 Å². The van der Waals surface area contributed by atoms with Crippen LogP contribution in [0.4, 0.5) is 13.2 Å². The number of esters is 1. The lowest BCUT2D eigenvalue weighted by molar-refractivity contribution is -0.274. The van der Waals surface area contributed by atoms with Crippen molar-refractivity contribution in [2.75, 3.05) is 6.61 Å². The quantitative estimate of drug-likeness (QED) is 0.497. The third-order valence-electron chi connectivity index (χ3n) is 3.36. The minimum absolute atomic E-state index is 0.0167. The second kappa shape index (κ2) is 6.91. The van der Waals surface area contributed by atoms with Gasteiger partial charge in [0.15, 0.2) is 12.4 Å². The number of hydrogen-bond donors (Lipinski definition) is 0. The molecule has 3 rings (SSSR count). The van der Waals surface area contributed by atoms with E-state index in [2.05, 4.69) is 4.74 Å². The van der Waals surface area contributed by atoms with Gasteiger partial charge in [-0.3, -0.25) is 4.79 Å². The van der Waals surface area contributed by atoms with Crippen molar-refractivity contribution < 1.29 is 36.7 Å². The average molecular weight is 364 g/mol. The zero-order valence-corrected chi connectivity index (χ0v) is 13.1. The number of benzene rings is 2. The Labute approximate surface area is 144 Å². The third-order valence-corrected chi connectivity index (χ3v) is 3.36. The van der Waals surface area contributed by atoms with Crippen LogP contribution in [0.5, 0.6) is 5.75 Å². The molecule has 1 heterocycles. The lowest BCUT2D eigenvalue weighted by atomic mass is 10.2. The predicted octanol–water partition coefficient (Wildman–Crippen LogP) is 4.37. The summed E-state index contributed by atoms with van der Waals surface area (Å²) in [5, 5.41) is 0.738. The summed E-state index contributed by atoms with van der Waals surface area (Å²) < 4.78 is 50.2. The summed E-state index contributed by atoms with van der Waals surface area (Å²) in [4.78, 5) is 23.9. The van der Waals surface area contributed by atoms with Gasteiger partial charge >= 0.3 is 12.3 Å². The van der Waals surface area contributed by atoms with Gasteiger partial charge in [-0.1, -0.05) is 18.2 Å². The average Bonchev–Trinajstić information content (AvgIpc) is 3.03. The molecular formula is C18H11F3O5. The second-order valence-electron chi connectivity index (χ2n) is 5.22. The fourth-order valence-corrected chi connectivity index (χ4v) is 2.20. The summed E-state index contributed by atoms with van der Waals surface area (Å²) in [5.41, 5.74) is 0.513. The lowest BCUT2D eigenvalue weighted by Crippen LogP contribution is -2.17. The molecule has 0 saturated heterocycles. The molecule has 0 unspecified atom stereocenters. The molecule has 0 aliphatic heterocycles. The highest BCUT2D eigenvalue weighted by molar-refractivity contribution is 6.00. The van der Waals surface area contributed by atoms with Crippen LogP contribution in [0.2, 0.25) is 0 Å². The molecule has 3 aromatic rings. The minimum atomic E-state index is -4.82. The van der Waals surface area contributed by atoms with Gasteiger partial charge in [-0.2, -0.15) is 0 Å². The van der Waals surface area contributed by atoms with Crippen LogP contribution >= 0.6 is 0 Å². The molecule has 1 aromatic heterocycles. The SMILES string of the molecule is O=C(OCC(=O)c1cc2ccccc2o1)c1ccc(OC(F)(F)F)cc1. The highest BCUT2D eigenvalue weighted by atomic mass is 19.4.